The van der Waals surface area contributed by atoms with Crippen LogP contribution in [0.3, 0.4) is 0 Å². The largest absolute Gasteiger partial charge is 0.361 e. The maximum Gasteiger partial charge on any atom is 0.223 e. The topological polar surface area (TPSA) is 46.3 Å². The highest BCUT2D eigenvalue weighted by molar-refractivity contribution is 5.77. The molecular formula is C21H28N2O2. The number of rotatable bonds is 4. The van der Waals surface area contributed by atoms with Crippen LogP contribution in [0.25, 0.3) is 0 Å². The van der Waals surface area contributed by atoms with Gasteiger partial charge in [-0.05, 0) is 45.6 Å². The highest BCUT2D eigenvalue weighted by atomic mass is 16.5. The lowest BCUT2D eigenvalue weighted by molar-refractivity contribution is -0.133. The first-order valence-corrected chi connectivity index (χ1v) is 9.34. The molecule has 0 N–H and O–H groups in total. The minimum atomic E-state index is 0.208. The highest BCUT2D eigenvalue weighted by Gasteiger charge is 2.27. The molecule has 0 unspecified atom stereocenters. The van der Waals surface area contributed by atoms with Crippen LogP contribution in [0.4, 0.5) is 0 Å². The van der Waals surface area contributed by atoms with Crippen molar-refractivity contribution in [2.75, 3.05) is 6.54 Å². The lowest BCUT2D eigenvalue weighted by atomic mass is 9.98. The van der Waals surface area contributed by atoms with Crippen LogP contribution in [0.1, 0.15) is 66.3 Å². The van der Waals surface area contributed by atoms with E-state index in [0.29, 0.717) is 12.8 Å². The second-order valence-electron chi connectivity index (χ2n) is 7.17. The molecule has 4 heteroatoms. The van der Waals surface area contributed by atoms with Gasteiger partial charge in [0.25, 0.3) is 0 Å². The van der Waals surface area contributed by atoms with E-state index >= 15 is 0 Å². The van der Waals surface area contributed by atoms with Crippen LogP contribution >= 0.6 is 0 Å². The zero-order valence-electron chi connectivity index (χ0n) is 15.5. The monoisotopic (exact) mass is 340 g/mol. The number of nitrogens with zero attached hydrogens (tertiary/aromatic N) is 2. The van der Waals surface area contributed by atoms with Gasteiger partial charge in [0.05, 0.1) is 11.7 Å². The van der Waals surface area contributed by atoms with Crippen LogP contribution in [-0.2, 0) is 11.2 Å². The number of aryl methyl sites for hydroxylation is 3. The summed E-state index contributed by atoms with van der Waals surface area (Å²) in [7, 11) is 0. The number of likely N-dealkylation sites (tertiary alicyclic amines) is 1. The van der Waals surface area contributed by atoms with Crippen LogP contribution in [0.15, 0.2) is 28.8 Å². The van der Waals surface area contributed by atoms with Gasteiger partial charge in [-0.15, -0.1) is 0 Å². The normalized spacial score (nSPS) is 18.2. The maximum atomic E-state index is 13.0. The van der Waals surface area contributed by atoms with Crippen molar-refractivity contribution >= 4 is 5.91 Å². The first kappa shape index (κ1) is 17.7. The summed E-state index contributed by atoms with van der Waals surface area (Å²) >= 11 is 0. The second-order valence-corrected chi connectivity index (χ2v) is 7.17. The summed E-state index contributed by atoms with van der Waals surface area (Å²) in [4.78, 5) is 15.1. The third kappa shape index (κ3) is 4.12. The number of carbonyl (C=O) groups excluding carboxylic acids is 1. The minimum absolute atomic E-state index is 0.208. The first-order chi connectivity index (χ1) is 12.1. The number of amides is 1. The Balaban J connectivity index is 1.75. The predicted octanol–water partition coefficient (Wildman–Crippen LogP) is 4.68. The molecule has 3 rings (SSSR count). The van der Waals surface area contributed by atoms with Gasteiger partial charge in [0.2, 0.25) is 5.91 Å². The smallest absolute Gasteiger partial charge is 0.223 e. The summed E-state index contributed by atoms with van der Waals surface area (Å²) in [6.45, 7) is 6.84. The van der Waals surface area contributed by atoms with Crippen molar-refractivity contribution in [1.82, 2.24) is 10.1 Å². The molecule has 1 amide bonds. The Bertz CT molecular complexity index is 716. The fourth-order valence-electron chi connectivity index (χ4n) is 3.87. The zero-order chi connectivity index (χ0) is 17.8. The van der Waals surface area contributed by atoms with E-state index in [9.17, 15) is 4.79 Å². The molecule has 1 aliphatic heterocycles. The van der Waals surface area contributed by atoms with E-state index in [1.165, 1.54) is 24.0 Å². The van der Waals surface area contributed by atoms with Gasteiger partial charge in [-0.1, -0.05) is 47.8 Å². The van der Waals surface area contributed by atoms with Crippen LogP contribution < -0.4 is 0 Å². The average molecular weight is 340 g/mol. The van der Waals surface area contributed by atoms with E-state index < -0.39 is 0 Å². The fraction of sp³-hybridized carbons (Fsp3) is 0.524. The van der Waals surface area contributed by atoms with Crippen LogP contribution in [0.2, 0.25) is 0 Å². The zero-order valence-corrected chi connectivity index (χ0v) is 15.5. The van der Waals surface area contributed by atoms with Crippen molar-refractivity contribution < 1.29 is 9.32 Å². The molecule has 134 valence electrons. The van der Waals surface area contributed by atoms with Gasteiger partial charge in [-0.25, -0.2) is 0 Å². The molecule has 1 atom stereocenters. The molecule has 1 aromatic heterocycles. The Morgan fingerprint density at radius 3 is 2.80 bits per heavy atom. The summed E-state index contributed by atoms with van der Waals surface area (Å²) in [6, 6.07) is 8.81. The van der Waals surface area contributed by atoms with E-state index in [1.807, 2.05) is 13.8 Å². The molecule has 1 aliphatic rings. The third-order valence-electron chi connectivity index (χ3n) is 5.27. The van der Waals surface area contributed by atoms with Crippen LogP contribution in [0.5, 0.6) is 0 Å². The van der Waals surface area contributed by atoms with Crippen molar-refractivity contribution in [1.29, 1.82) is 0 Å². The molecule has 1 saturated heterocycles. The van der Waals surface area contributed by atoms with Gasteiger partial charge in [-0.3, -0.25) is 4.79 Å². The number of hydrogen-bond acceptors (Lipinski definition) is 3. The molecule has 0 aliphatic carbocycles. The second kappa shape index (κ2) is 7.85. The summed E-state index contributed by atoms with van der Waals surface area (Å²) in [6.07, 6.45) is 5.77. The Morgan fingerprint density at radius 1 is 1.24 bits per heavy atom. The van der Waals surface area contributed by atoms with Crippen molar-refractivity contribution in [3.05, 3.63) is 52.4 Å². The molecule has 1 aromatic carbocycles. The lowest BCUT2D eigenvalue weighted by Gasteiger charge is -2.31. The Labute approximate surface area is 150 Å². The molecule has 0 radical (unpaired) electrons. The molecule has 0 spiro atoms. The minimum Gasteiger partial charge on any atom is -0.361 e. The molecule has 2 aromatic rings. The molecule has 0 bridgehead atoms. The molecule has 25 heavy (non-hydrogen) atoms. The number of benzene rings is 1. The Hall–Kier alpha value is -2.10. The van der Waals surface area contributed by atoms with E-state index in [-0.39, 0.29) is 11.9 Å². The van der Waals surface area contributed by atoms with Crippen LogP contribution in [-0.4, -0.2) is 22.5 Å². The quantitative estimate of drug-likeness (QED) is 0.812. The van der Waals surface area contributed by atoms with Gasteiger partial charge in [0.15, 0.2) is 0 Å². The first-order valence-electron chi connectivity index (χ1n) is 9.34. The van der Waals surface area contributed by atoms with Crippen molar-refractivity contribution in [2.45, 2.75) is 65.3 Å². The molecule has 4 nitrogen and oxygen atoms in total. The maximum absolute atomic E-state index is 13.0. The summed E-state index contributed by atoms with van der Waals surface area (Å²) in [5.41, 5.74) is 4.50. The fourth-order valence-corrected chi connectivity index (χ4v) is 3.87. The van der Waals surface area contributed by atoms with Gasteiger partial charge in [-0.2, -0.15) is 0 Å². The highest BCUT2D eigenvalue weighted by Crippen LogP contribution is 2.31. The summed E-state index contributed by atoms with van der Waals surface area (Å²) < 4.78 is 5.22. The summed E-state index contributed by atoms with van der Waals surface area (Å²) in [5, 5.41) is 3.99. The van der Waals surface area contributed by atoms with E-state index in [4.69, 9.17) is 4.52 Å². The average Bonchev–Trinajstić information content (AvgIpc) is 2.79. The Kier molecular flexibility index (Phi) is 5.57. The van der Waals surface area contributed by atoms with Gasteiger partial charge >= 0.3 is 0 Å². The molecule has 2 heterocycles. The SMILES string of the molecule is Cc1cccc([C@@H]2CCCCCN2C(=O)CCc2c(C)noc2C)c1. The van der Waals surface area contributed by atoms with Crippen molar-refractivity contribution in [3.8, 4) is 0 Å². The van der Waals surface area contributed by atoms with E-state index in [0.717, 1.165) is 36.4 Å². The summed E-state index contributed by atoms with van der Waals surface area (Å²) in [5.74, 6) is 1.07. The Morgan fingerprint density at radius 2 is 2.08 bits per heavy atom. The number of hydrogen-bond donors (Lipinski definition) is 0. The molecular weight excluding hydrogens is 312 g/mol. The van der Waals surface area contributed by atoms with Crippen molar-refractivity contribution in [2.24, 2.45) is 0 Å². The van der Waals surface area contributed by atoms with Gasteiger partial charge < -0.3 is 9.42 Å². The molecule has 1 fully saturated rings. The lowest BCUT2D eigenvalue weighted by Crippen LogP contribution is -2.35. The predicted molar refractivity (Wildman–Crippen MR) is 98.4 cm³/mol. The molecule has 0 saturated carbocycles. The number of carbonyl (C=O) groups is 1. The standard InChI is InChI=1S/C21H28N2O2/c1-15-8-7-9-18(14-15)20-10-5-4-6-13-23(20)21(24)12-11-19-16(2)22-25-17(19)3/h7-9,14,20H,4-6,10-13H2,1-3H3/t20-/m0/s1. The number of aromatic nitrogens is 1. The van der Waals surface area contributed by atoms with Gasteiger partial charge in [0.1, 0.15) is 5.76 Å². The van der Waals surface area contributed by atoms with E-state index in [1.54, 1.807) is 0 Å². The van der Waals surface area contributed by atoms with Crippen molar-refractivity contribution in [3.63, 3.8) is 0 Å². The van der Waals surface area contributed by atoms with Crippen LogP contribution in [0, 0.1) is 20.8 Å². The van der Waals surface area contributed by atoms with Gasteiger partial charge in [0, 0.05) is 18.5 Å². The van der Waals surface area contributed by atoms with E-state index in [2.05, 4.69) is 41.2 Å². The third-order valence-corrected chi connectivity index (χ3v) is 5.27.